The van der Waals surface area contributed by atoms with Gasteiger partial charge in [-0.15, -0.1) is 0 Å². The molecule has 0 atom stereocenters. The van der Waals surface area contributed by atoms with Crippen LogP contribution in [0.15, 0.2) is 29.2 Å². The van der Waals surface area contributed by atoms with Crippen LogP contribution in [0, 0.1) is 5.41 Å². The molecule has 21 heavy (non-hydrogen) atoms. The Morgan fingerprint density at radius 1 is 1.00 bits per heavy atom. The molecule has 1 aromatic carbocycles. The van der Waals surface area contributed by atoms with E-state index in [9.17, 15) is 8.42 Å². The number of benzene rings is 1. The molecule has 0 saturated heterocycles. The predicted molar refractivity (Wildman–Crippen MR) is 86.3 cm³/mol. The molecule has 3 nitrogen and oxygen atoms in total. The van der Waals surface area contributed by atoms with E-state index in [1.165, 1.54) is 57.6 Å². The van der Waals surface area contributed by atoms with Crippen LogP contribution in [0.25, 0.3) is 0 Å². The minimum Gasteiger partial charge on any atom is -0.382 e. The van der Waals surface area contributed by atoms with Crippen molar-refractivity contribution in [3.63, 3.8) is 0 Å². The highest BCUT2D eigenvalue weighted by Gasteiger charge is 2.37. The summed E-state index contributed by atoms with van der Waals surface area (Å²) in [5.41, 5.74) is 1.70. The standard InChI is InChI=1S/C17H25NO2S/c1-21(19,20)16-6-4-14(5-7-16)18-15-8-12-17(13-9-15)10-2-3-11-17/h4-7,15,18H,2-3,8-13H2,1H3. The molecule has 2 aliphatic rings. The van der Waals surface area contributed by atoms with Crippen LogP contribution >= 0.6 is 0 Å². The van der Waals surface area contributed by atoms with E-state index in [4.69, 9.17) is 0 Å². The maximum atomic E-state index is 11.5. The monoisotopic (exact) mass is 307 g/mol. The lowest BCUT2D eigenvalue weighted by Crippen LogP contribution is -2.31. The topological polar surface area (TPSA) is 46.2 Å². The molecule has 1 spiro atoms. The Labute approximate surface area is 128 Å². The largest absolute Gasteiger partial charge is 0.382 e. The number of hydrogen-bond acceptors (Lipinski definition) is 3. The Hall–Kier alpha value is -1.03. The van der Waals surface area contributed by atoms with Gasteiger partial charge in [0, 0.05) is 18.0 Å². The van der Waals surface area contributed by atoms with Gasteiger partial charge in [-0.1, -0.05) is 12.8 Å². The second kappa shape index (κ2) is 5.64. The van der Waals surface area contributed by atoms with Gasteiger partial charge in [0.1, 0.15) is 0 Å². The smallest absolute Gasteiger partial charge is 0.175 e. The van der Waals surface area contributed by atoms with Crippen LogP contribution in [0.4, 0.5) is 5.69 Å². The normalized spacial score (nSPS) is 22.5. The number of nitrogens with one attached hydrogen (secondary N) is 1. The Bertz CT molecular complexity index is 576. The van der Waals surface area contributed by atoms with Crippen molar-refractivity contribution in [2.45, 2.75) is 62.3 Å². The molecular weight excluding hydrogens is 282 g/mol. The highest BCUT2D eigenvalue weighted by atomic mass is 32.2. The number of sulfone groups is 1. The van der Waals surface area contributed by atoms with E-state index in [0.717, 1.165) is 5.69 Å². The zero-order chi connectivity index (χ0) is 14.9. The summed E-state index contributed by atoms with van der Waals surface area (Å²) in [6, 6.07) is 7.70. The summed E-state index contributed by atoms with van der Waals surface area (Å²) in [5.74, 6) is 0. The van der Waals surface area contributed by atoms with Crippen molar-refractivity contribution in [3.05, 3.63) is 24.3 Å². The second-order valence-electron chi connectivity index (χ2n) is 6.92. The third-order valence-electron chi connectivity index (χ3n) is 5.36. The SMILES string of the molecule is CS(=O)(=O)c1ccc(NC2CCC3(CCCC3)CC2)cc1. The van der Waals surface area contributed by atoms with Crippen molar-refractivity contribution in [1.82, 2.24) is 0 Å². The van der Waals surface area contributed by atoms with Crippen molar-refractivity contribution >= 4 is 15.5 Å². The molecule has 0 radical (unpaired) electrons. The molecule has 0 unspecified atom stereocenters. The first-order valence-electron chi connectivity index (χ1n) is 8.04. The predicted octanol–water partition coefficient (Wildman–Crippen LogP) is 4.01. The van der Waals surface area contributed by atoms with Gasteiger partial charge in [-0.25, -0.2) is 8.42 Å². The van der Waals surface area contributed by atoms with Crippen LogP contribution in [0.1, 0.15) is 51.4 Å². The third kappa shape index (κ3) is 3.42. The molecule has 1 aromatic rings. The van der Waals surface area contributed by atoms with Gasteiger partial charge in [0.25, 0.3) is 0 Å². The van der Waals surface area contributed by atoms with Crippen LogP contribution in [-0.4, -0.2) is 20.7 Å². The van der Waals surface area contributed by atoms with Gasteiger partial charge >= 0.3 is 0 Å². The maximum absolute atomic E-state index is 11.5. The van der Waals surface area contributed by atoms with E-state index in [1.807, 2.05) is 12.1 Å². The average molecular weight is 307 g/mol. The van der Waals surface area contributed by atoms with Crippen LogP contribution in [0.2, 0.25) is 0 Å². The molecule has 2 aliphatic carbocycles. The lowest BCUT2D eigenvalue weighted by molar-refractivity contribution is 0.188. The van der Waals surface area contributed by atoms with Crippen LogP contribution in [0.3, 0.4) is 0 Å². The highest BCUT2D eigenvalue weighted by molar-refractivity contribution is 7.90. The molecule has 0 bridgehead atoms. The fourth-order valence-corrected chi connectivity index (χ4v) is 4.66. The van der Waals surface area contributed by atoms with Crippen molar-refractivity contribution in [1.29, 1.82) is 0 Å². The minimum absolute atomic E-state index is 0.390. The Kier molecular flexibility index (Phi) is 4.00. The van der Waals surface area contributed by atoms with Crippen LogP contribution < -0.4 is 5.32 Å². The van der Waals surface area contributed by atoms with Gasteiger partial charge in [0.15, 0.2) is 9.84 Å². The summed E-state index contributed by atoms with van der Waals surface area (Å²) in [4.78, 5) is 0.390. The highest BCUT2D eigenvalue weighted by Crippen LogP contribution is 2.49. The quantitative estimate of drug-likeness (QED) is 0.918. The summed E-state index contributed by atoms with van der Waals surface area (Å²) < 4.78 is 22.9. The van der Waals surface area contributed by atoms with Crippen molar-refractivity contribution in [2.75, 3.05) is 11.6 Å². The molecule has 3 rings (SSSR count). The van der Waals surface area contributed by atoms with Gasteiger partial charge in [0.05, 0.1) is 4.90 Å². The van der Waals surface area contributed by atoms with Crippen molar-refractivity contribution in [3.8, 4) is 0 Å². The van der Waals surface area contributed by atoms with E-state index >= 15 is 0 Å². The summed E-state index contributed by atoms with van der Waals surface area (Å²) in [6.45, 7) is 0. The Morgan fingerprint density at radius 2 is 1.57 bits per heavy atom. The first-order chi connectivity index (χ1) is 9.97. The summed E-state index contributed by atoms with van der Waals surface area (Å²) in [6.07, 6.45) is 12.2. The summed E-state index contributed by atoms with van der Waals surface area (Å²) in [5, 5.41) is 3.57. The van der Waals surface area contributed by atoms with Crippen LogP contribution in [0.5, 0.6) is 0 Å². The van der Waals surface area contributed by atoms with E-state index < -0.39 is 9.84 Å². The molecule has 0 amide bonds. The zero-order valence-electron chi connectivity index (χ0n) is 12.8. The van der Waals surface area contributed by atoms with E-state index in [1.54, 1.807) is 12.1 Å². The van der Waals surface area contributed by atoms with E-state index in [-0.39, 0.29) is 0 Å². The van der Waals surface area contributed by atoms with Crippen molar-refractivity contribution in [2.24, 2.45) is 5.41 Å². The summed E-state index contributed by atoms with van der Waals surface area (Å²) >= 11 is 0. The van der Waals surface area contributed by atoms with E-state index in [2.05, 4.69) is 5.32 Å². The Balaban J connectivity index is 1.58. The first kappa shape index (κ1) is 14.9. The van der Waals surface area contributed by atoms with Gasteiger partial charge < -0.3 is 5.32 Å². The first-order valence-corrected chi connectivity index (χ1v) is 9.93. The third-order valence-corrected chi connectivity index (χ3v) is 6.49. The molecule has 2 saturated carbocycles. The molecule has 2 fully saturated rings. The van der Waals surface area contributed by atoms with Gasteiger partial charge in [-0.05, 0) is 68.2 Å². The molecule has 4 heteroatoms. The molecule has 0 aromatic heterocycles. The second-order valence-corrected chi connectivity index (χ2v) is 8.94. The van der Waals surface area contributed by atoms with E-state index in [0.29, 0.717) is 16.4 Å². The number of hydrogen-bond donors (Lipinski definition) is 1. The molecular formula is C17H25NO2S. The molecule has 0 heterocycles. The summed E-state index contributed by atoms with van der Waals surface area (Å²) in [7, 11) is -3.10. The lowest BCUT2D eigenvalue weighted by atomic mass is 9.71. The molecule has 1 N–H and O–H groups in total. The van der Waals surface area contributed by atoms with Gasteiger partial charge in [-0.3, -0.25) is 0 Å². The Morgan fingerprint density at radius 3 is 2.10 bits per heavy atom. The maximum Gasteiger partial charge on any atom is 0.175 e. The minimum atomic E-state index is -3.10. The fourth-order valence-electron chi connectivity index (χ4n) is 4.03. The van der Waals surface area contributed by atoms with Gasteiger partial charge in [0.2, 0.25) is 0 Å². The average Bonchev–Trinajstić information content (AvgIpc) is 2.90. The fraction of sp³-hybridized carbons (Fsp3) is 0.647. The number of anilines is 1. The number of rotatable bonds is 3. The van der Waals surface area contributed by atoms with Crippen molar-refractivity contribution < 1.29 is 8.42 Å². The lowest BCUT2D eigenvalue weighted by Gasteiger charge is -2.37. The molecule has 116 valence electrons. The van der Waals surface area contributed by atoms with Crippen LogP contribution in [-0.2, 0) is 9.84 Å². The molecule has 0 aliphatic heterocycles. The zero-order valence-corrected chi connectivity index (χ0v) is 13.6. The van der Waals surface area contributed by atoms with Gasteiger partial charge in [-0.2, -0.15) is 0 Å².